The average molecular weight is 326 g/mol. The van der Waals surface area contributed by atoms with Crippen LogP contribution in [0.2, 0.25) is 0 Å². The van der Waals surface area contributed by atoms with Gasteiger partial charge in [-0.3, -0.25) is 0 Å². The molecule has 0 radical (unpaired) electrons. The van der Waals surface area contributed by atoms with Crippen LogP contribution in [-0.4, -0.2) is 38.8 Å². The molecule has 0 unspecified atom stereocenters. The maximum Gasteiger partial charge on any atom is 0.342 e. The van der Waals surface area contributed by atoms with E-state index in [1.807, 2.05) is 48.5 Å². The maximum atomic E-state index is 12.4. The van der Waals surface area contributed by atoms with Gasteiger partial charge in [0.05, 0.1) is 6.61 Å². The number of para-hydroxylation sites is 1. The molecule has 0 aliphatic carbocycles. The van der Waals surface area contributed by atoms with E-state index in [1.165, 1.54) is 0 Å². The number of hydrogen-bond donors (Lipinski definition) is 1. The number of nitrogens with one attached hydrogen (secondary N) is 1. The summed E-state index contributed by atoms with van der Waals surface area (Å²) in [6.45, 7) is 5.85. The zero-order valence-electron chi connectivity index (χ0n) is 13.8. The van der Waals surface area contributed by atoms with Crippen LogP contribution in [0.3, 0.4) is 0 Å². The smallest absolute Gasteiger partial charge is 0.342 e. The molecule has 0 aromatic heterocycles. The van der Waals surface area contributed by atoms with E-state index >= 15 is 0 Å². The molecule has 126 valence electrons. The van der Waals surface area contributed by atoms with E-state index in [-0.39, 0.29) is 5.97 Å². The minimum atomic E-state index is -0.361. The fourth-order valence-electron chi connectivity index (χ4n) is 2.71. The Labute approximate surface area is 142 Å². The molecule has 0 atom stereocenters. The van der Waals surface area contributed by atoms with Crippen molar-refractivity contribution in [3.05, 3.63) is 54.1 Å². The van der Waals surface area contributed by atoms with Crippen molar-refractivity contribution in [3.63, 3.8) is 0 Å². The number of hydrogen-bond acceptors (Lipinski definition) is 5. The van der Waals surface area contributed by atoms with Crippen LogP contribution in [0.25, 0.3) is 0 Å². The van der Waals surface area contributed by atoms with Crippen LogP contribution in [0.15, 0.2) is 48.5 Å². The van der Waals surface area contributed by atoms with Gasteiger partial charge < -0.3 is 19.7 Å². The first-order valence-electron chi connectivity index (χ1n) is 8.27. The summed E-state index contributed by atoms with van der Waals surface area (Å²) in [6.07, 6.45) is 0. The lowest BCUT2D eigenvalue weighted by Gasteiger charge is -2.30. The van der Waals surface area contributed by atoms with E-state index in [1.54, 1.807) is 6.92 Å². The minimum absolute atomic E-state index is 0.335. The van der Waals surface area contributed by atoms with Crippen molar-refractivity contribution >= 4 is 11.7 Å². The summed E-state index contributed by atoms with van der Waals surface area (Å²) >= 11 is 0. The molecule has 1 N–H and O–H groups in total. The molecule has 0 spiro atoms. The Morgan fingerprint density at radius 3 is 2.58 bits per heavy atom. The highest BCUT2D eigenvalue weighted by Gasteiger charge is 2.18. The molecule has 3 rings (SSSR count). The lowest BCUT2D eigenvalue weighted by molar-refractivity contribution is 0.0523. The first-order chi connectivity index (χ1) is 11.8. The highest BCUT2D eigenvalue weighted by molar-refractivity contribution is 5.94. The Morgan fingerprint density at radius 1 is 1.12 bits per heavy atom. The fourth-order valence-corrected chi connectivity index (χ4v) is 2.71. The Hall–Kier alpha value is -2.53. The predicted molar refractivity (Wildman–Crippen MR) is 94.0 cm³/mol. The largest absolute Gasteiger partial charge is 0.462 e. The summed E-state index contributed by atoms with van der Waals surface area (Å²) in [5.74, 6) is 0.844. The van der Waals surface area contributed by atoms with Gasteiger partial charge in [0.2, 0.25) is 0 Å². The fraction of sp³-hybridized carbons (Fsp3) is 0.316. The highest BCUT2D eigenvalue weighted by Crippen LogP contribution is 2.30. The van der Waals surface area contributed by atoms with E-state index in [9.17, 15) is 4.79 Å². The monoisotopic (exact) mass is 326 g/mol. The number of esters is 1. The predicted octanol–water partition coefficient (Wildman–Crippen LogP) is 3.07. The van der Waals surface area contributed by atoms with Crippen molar-refractivity contribution < 1.29 is 14.3 Å². The van der Waals surface area contributed by atoms with Gasteiger partial charge in [0.25, 0.3) is 0 Å². The van der Waals surface area contributed by atoms with Crippen LogP contribution in [0.5, 0.6) is 11.5 Å². The van der Waals surface area contributed by atoms with Gasteiger partial charge in [0.1, 0.15) is 17.1 Å². The van der Waals surface area contributed by atoms with Gasteiger partial charge in [-0.05, 0) is 37.3 Å². The standard InChI is InChI=1S/C19H22N2O3/c1-2-23-19(22)17-14-15(21-12-10-20-11-13-21)8-9-18(17)24-16-6-4-3-5-7-16/h3-9,14,20H,2,10-13H2,1H3. The van der Waals surface area contributed by atoms with E-state index in [4.69, 9.17) is 9.47 Å². The van der Waals surface area contributed by atoms with Crippen LogP contribution in [0, 0.1) is 0 Å². The van der Waals surface area contributed by atoms with Crippen molar-refractivity contribution in [3.8, 4) is 11.5 Å². The first kappa shape index (κ1) is 16.3. The number of ether oxygens (including phenoxy) is 2. The van der Waals surface area contributed by atoms with E-state index in [0.29, 0.717) is 23.7 Å². The summed E-state index contributed by atoms with van der Waals surface area (Å²) in [5, 5.41) is 3.33. The number of carbonyl (C=O) groups excluding carboxylic acids is 1. The van der Waals surface area contributed by atoms with E-state index in [2.05, 4.69) is 10.2 Å². The molecule has 2 aromatic rings. The molecule has 5 nitrogen and oxygen atoms in total. The third-order valence-electron chi connectivity index (χ3n) is 3.91. The summed E-state index contributed by atoms with van der Waals surface area (Å²) in [7, 11) is 0. The lowest BCUT2D eigenvalue weighted by atomic mass is 10.1. The Kier molecular flexibility index (Phi) is 5.33. The second kappa shape index (κ2) is 7.84. The van der Waals surface area contributed by atoms with Gasteiger partial charge in [-0.15, -0.1) is 0 Å². The number of carbonyl (C=O) groups is 1. The minimum Gasteiger partial charge on any atom is -0.462 e. The summed E-state index contributed by atoms with van der Waals surface area (Å²) in [5.41, 5.74) is 1.47. The SMILES string of the molecule is CCOC(=O)c1cc(N2CCNCC2)ccc1Oc1ccccc1. The van der Waals surface area contributed by atoms with Crippen LogP contribution in [-0.2, 0) is 4.74 Å². The lowest BCUT2D eigenvalue weighted by Crippen LogP contribution is -2.43. The third-order valence-corrected chi connectivity index (χ3v) is 3.91. The number of anilines is 1. The first-order valence-corrected chi connectivity index (χ1v) is 8.27. The molecule has 24 heavy (non-hydrogen) atoms. The molecule has 5 heteroatoms. The van der Waals surface area contributed by atoms with E-state index in [0.717, 1.165) is 31.9 Å². The molecular formula is C19H22N2O3. The van der Waals surface area contributed by atoms with Crippen LogP contribution in [0.1, 0.15) is 17.3 Å². The second-order valence-electron chi connectivity index (χ2n) is 5.55. The zero-order valence-corrected chi connectivity index (χ0v) is 13.8. The maximum absolute atomic E-state index is 12.4. The van der Waals surface area contributed by atoms with E-state index < -0.39 is 0 Å². The third kappa shape index (κ3) is 3.86. The van der Waals surface area contributed by atoms with Gasteiger partial charge in [-0.2, -0.15) is 0 Å². The van der Waals surface area contributed by atoms with Crippen LogP contribution < -0.4 is 15.0 Å². The van der Waals surface area contributed by atoms with Gasteiger partial charge in [-0.25, -0.2) is 4.79 Å². The Bertz CT molecular complexity index is 682. The zero-order chi connectivity index (χ0) is 16.8. The topological polar surface area (TPSA) is 50.8 Å². The molecule has 0 saturated carbocycles. The van der Waals surface area contributed by atoms with Crippen molar-refractivity contribution in [1.29, 1.82) is 0 Å². The van der Waals surface area contributed by atoms with Gasteiger partial charge in [0, 0.05) is 31.9 Å². The normalized spacial score (nSPS) is 14.3. The van der Waals surface area contributed by atoms with Gasteiger partial charge in [-0.1, -0.05) is 18.2 Å². The summed E-state index contributed by atoms with van der Waals surface area (Å²) < 4.78 is 11.1. The number of rotatable bonds is 5. The van der Waals surface area contributed by atoms with Crippen LogP contribution in [0.4, 0.5) is 5.69 Å². The highest BCUT2D eigenvalue weighted by atomic mass is 16.5. The molecule has 1 fully saturated rings. The molecule has 1 aliphatic heterocycles. The quantitative estimate of drug-likeness (QED) is 0.856. The molecule has 0 amide bonds. The Balaban J connectivity index is 1.90. The van der Waals surface area contributed by atoms with Gasteiger partial charge >= 0.3 is 5.97 Å². The molecule has 1 saturated heterocycles. The average Bonchev–Trinajstić information content (AvgIpc) is 2.64. The van der Waals surface area contributed by atoms with Crippen molar-refractivity contribution in [2.24, 2.45) is 0 Å². The second-order valence-corrected chi connectivity index (χ2v) is 5.55. The van der Waals surface area contributed by atoms with Crippen molar-refractivity contribution in [2.75, 3.05) is 37.7 Å². The number of nitrogens with zero attached hydrogens (tertiary/aromatic N) is 1. The number of benzene rings is 2. The molecule has 1 heterocycles. The summed E-state index contributed by atoms with van der Waals surface area (Å²) in [4.78, 5) is 14.6. The molecule has 1 aliphatic rings. The van der Waals surface area contributed by atoms with Gasteiger partial charge in [0.15, 0.2) is 0 Å². The van der Waals surface area contributed by atoms with Crippen LogP contribution >= 0.6 is 0 Å². The molecular weight excluding hydrogens is 304 g/mol. The molecule has 0 bridgehead atoms. The number of piperazine rings is 1. The summed E-state index contributed by atoms with van der Waals surface area (Å²) in [6, 6.07) is 15.1. The Morgan fingerprint density at radius 2 is 1.88 bits per heavy atom. The van der Waals surface area contributed by atoms with Crippen molar-refractivity contribution in [2.45, 2.75) is 6.92 Å². The molecule has 2 aromatic carbocycles. The van der Waals surface area contributed by atoms with Crippen molar-refractivity contribution in [1.82, 2.24) is 5.32 Å².